The zero-order valence-corrected chi connectivity index (χ0v) is 18.6. The number of anilines is 2. The molecule has 0 heterocycles. The minimum absolute atomic E-state index is 0.0691. The van der Waals surface area contributed by atoms with Gasteiger partial charge in [-0.3, -0.25) is 9.59 Å². The van der Waals surface area contributed by atoms with E-state index in [9.17, 15) is 18.4 Å². The predicted molar refractivity (Wildman–Crippen MR) is 117 cm³/mol. The molecule has 0 aliphatic heterocycles. The number of hydrogen-bond donors (Lipinski definition) is 2. The van der Waals surface area contributed by atoms with Gasteiger partial charge in [-0.25, -0.2) is 8.78 Å². The molecule has 0 saturated carbocycles. The first-order valence-corrected chi connectivity index (χ1v) is 10.1. The number of rotatable bonds is 5. The average molecular weight is 540 g/mol. The lowest BCUT2D eigenvalue weighted by Gasteiger charge is -2.13. The summed E-state index contributed by atoms with van der Waals surface area (Å²) in [5.74, 6) is -1.98. The van der Waals surface area contributed by atoms with Crippen LogP contribution in [0, 0.1) is 11.6 Å². The van der Waals surface area contributed by atoms with Crippen LogP contribution in [0.4, 0.5) is 20.2 Å². The maximum Gasteiger partial charge on any atom is 0.259 e. The Balaban J connectivity index is 1.89. The van der Waals surface area contributed by atoms with Crippen molar-refractivity contribution in [3.05, 3.63) is 86.3 Å². The monoisotopic (exact) mass is 538 g/mol. The van der Waals surface area contributed by atoms with Crippen LogP contribution in [0.25, 0.3) is 0 Å². The molecule has 30 heavy (non-hydrogen) atoms. The molecule has 0 unspecified atom stereocenters. The van der Waals surface area contributed by atoms with E-state index >= 15 is 0 Å². The lowest BCUT2D eigenvalue weighted by molar-refractivity contribution is 0.102. The first kappa shape index (κ1) is 21.9. The van der Waals surface area contributed by atoms with E-state index < -0.39 is 23.4 Å². The van der Waals surface area contributed by atoms with Crippen molar-refractivity contribution in [3.63, 3.8) is 0 Å². The van der Waals surface area contributed by atoms with Crippen LogP contribution in [-0.2, 0) is 0 Å². The molecule has 9 heteroatoms. The summed E-state index contributed by atoms with van der Waals surface area (Å²) in [6, 6.07) is 12.7. The Hall–Kier alpha value is -2.78. The first-order valence-electron chi connectivity index (χ1n) is 8.50. The number of benzene rings is 3. The topological polar surface area (TPSA) is 67.4 Å². The molecule has 3 rings (SSSR count). The molecule has 0 saturated heterocycles. The van der Waals surface area contributed by atoms with Crippen molar-refractivity contribution in [2.45, 2.75) is 0 Å². The van der Waals surface area contributed by atoms with Crippen molar-refractivity contribution in [1.82, 2.24) is 0 Å². The highest BCUT2D eigenvalue weighted by Crippen LogP contribution is 2.29. The summed E-state index contributed by atoms with van der Waals surface area (Å²) in [6.45, 7) is 0. The lowest BCUT2D eigenvalue weighted by atomic mass is 10.1. The van der Waals surface area contributed by atoms with E-state index in [0.29, 0.717) is 0 Å². The number of ether oxygens (including phenoxy) is 1. The molecule has 0 radical (unpaired) electrons. The highest BCUT2D eigenvalue weighted by Gasteiger charge is 2.18. The van der Waals surface area contributed by atoms with Gasteiger partial charge in [0.15, 0.2) is 0 Å². The summed E-state index contributed by atoms with van der Waals surface area (Å²) in [5, 5.41) is 5.16. The normalized spacial score (nSPS) is 10.4. The number of carbonyl (C=O) groups is 2. The Kier molecular flexibility index (Phi) is 6.84. The molecule has 2 amide bonds. The molecule has 0 spiro atoms. The van der Waals surface area contributed by atoms with Gasteiger partial charge in [-0.2, -0.15) is 0 Å². The molecular formula is C21H14Br2F2N2O3. The van der Waals surface area contributed by atoms with Gasteiger partial charge in [-0.05, 0) is 74.3 Å². The first-order chi connectivity index (χ1) is 14.3. The van der Waals surface area contributed by atoms with Gasteiger partial charge in [0.2, 0.25) is 0 Å². The van der Waals surface area contributed by atoms with Crippen molar-refractivity contribution in [2.75, 3.05) is 17.7 Å². The van der Waals surface area contributed by atoms with E-state index in [1.54, 1.807) is 0 Å². The molecule has 2 N–H and O–H groups in total. The third-order valence-electron chi connectivity index (χ3n) is 4.11. The summed E-state index contributed by atoms with van der Waals surface area (Å²) < 4.78 is 32.8. The Bertz CT molecular complexity index is 1140. The number of halogens is 4. The van der Waals surface area contributed by atoms with E-state index in [1.807, 2.05) is 0 Å². The molecule has 0 aliphatic carbocycles. The Morgan fingerprint density at radius 2 is 1.37 bits per heavy atom. The van der Waals surface area contributed by atoms with Crippen LogP contribution in [0.1, 0.15) is 20.7 Å². The second-order valence-corrected chi connectivity index (χ2v) is 7.61. The van der Waals surface area contributed by atoms with Gasteiger partial charge in [0, 0.05) is 5.56 Å². The van der Waals surface area contributed by atoms with E-state index in [-0.39, 0.29) is 37.2 Å². The molecule has 0 aromatic heterocycles. The number of amides is 2. The van der Waals surface area contributed by atoms with Crippen molar-refractivity contribution in [1.29, 1.82) is 0 Å². The standard InChI is InChI=1S/C21H14Br2F2N2O3/c1-30-17-9-8-11(20(28)26-15-6-2-4-13(24)18(15)22)10-12(17)21(29)27-16-7-3-5-14(25)19(16)23/h2-10H,1H3,(H,26,28)(H,27,29). The van der Waals surface area contributed by atoms with E-state index in [2.05, 4.69) is 42.5 Å². The Labute approximate surface area is 187 Å². The SMILES string of the molecule is COc1ccc(C(=O)Nc2cccc(F)c2Br)cc1C(=O)Nc1cccc(F)c1Br. The molecule has 0 aliphatic rings. The fourth-order valence-electron chi connectivity index (χ4n) is 2.61. The second kappa shape index (κ2) is 9.36. The molecular weight excluding hydrogens is 526 g/mol. The maximum absolute atomic E-state index is 13.7. The van der Waals surface area contributed by atoms with Crippen LogP contribution in [0.2, 0.25) is 0 Å². The minimum Gasteiger partial charge on any atom is -0.496 e. The largest absolute Gasteiger partial charge is 0.496 e. The summed E-state index contributed by atoms with van der Waals surface area (Å²) in [5.41, 5.74) is 0.682. The highest BCUT2D eigenvalue weighted by molar-refractivity contribution is 9.11. The summed E-state index contributed by atoms with van der Waals surface area (Å²) in [6.07, 6.45) is 0. The van der Waals surface area contributed by atoms with Gasteiger partial charge in [0.1, 0.15) is 17.4 Å². The molecule has 154 valence electrons. The summed E-state index contributed by atoms with van der Waals surface area (Å²) >= 11 is 6.17. The third kappa shape index (κ3) is 4.68. The third-order valence-corrected chi connectivity index (χ3v) is 5.72. The van der Waals surface area contributed by atoms with Gasteiger partial charge in [0.05, 0.1) is 33.0 Å². The van der Waals surface area contributed by atoms with Gasteiger partial charge < -0.3 is 15.4 Å². The van der Waals surface area contributed by atoms with Gasteiger partial charge in [-0.15, -0.1) is 0 Å². The fourth-order valence-corrected chi connectivity index (χ4v) is 3.34. The van der Waals surface area contributed by atoms with Crippen LogP contribution < -0.4 is 15.4 Å². The van der Waals surface area contributed by atoms with E-state index in [1.165, 1.54) is 61.7 Å². The molecule has 0 fully saturated rings. The van der Waals surface area contributed by atoms with Crippen LogP contribution in [0.15, 0.2) is 63.5 Å². The molecule has 5 nitrogen and oxygen atoms in total. The smallest absolute Gasteiger partial charge is 0.259 e. The van der Waals surface area contributed by atoms with Gasteiger partial charge >= 0.3 is 0 Å². The van der Waals surface area contributed by atoms with Crippen LogP contribution in [0.3, 0.4) is 0 Å². The Morgan fingerprint density at radius 3 is 1.90 bits per heavy atom. The highest BCUT2D eigenvalue weighted by atomic mass is 79.9. The van der Waals surface area contributed by atoms with Crippen LogP contribution in [-0.4, -0.2) is 18.9 Å². The summed E-state index contributed by atoms with van der Waals surface area (Å²) in [7, 11) is 1.38. The van der Waals surface area contributed by atoms with Crippen molar-refractivity contribution >= 4 is 55.0 Å². The zero-order chi connectivity index (χ0) is 21.8. The number of hydrogen-bond acceptors (Lipinski definition) is 3. The van der Waals surface area contributed by atoms with Crippen molar-refractivity contribution in [2.24, 2.45) is 0 Å². The van der Waals surface area contributed by atoms with Crippen LogP contribution in [0.5, 0.6) is 5.75 Å². The second-order valence-electron chi connectivity index (χ2n) is 6.03. The quantitative estimate of drug-likeness (QED) is 0.417. The van der Waals surface area contributed by atoms with Gasteiger partial charge in [-0.1, -0.05) is 12.1 Å². The average Bonchev–Trinajstić information content (AvgIpc) is 2.74. The molecule has 0 bridgehead atoms. The minimum atomic E-state index is -0.597. The van der Waals surface area contributed by atoms with E-state index in [4.69, 9.17) is 4.74 Å². The molecule has 3 aromatic carbocycles. The molecule has 3 aromatic rings. The van der Waals surface area contributed by atoms with E-state index in [0.717, 1.165) is 0 Å². The van der Waals surface area contributed by atoms with Crippen LogP contribution >= 0.6 is 31.9 Å². The Morgan fingerprint density at radius 1 is 0.833 bits per heavy atom. The van der Waals surface area contributed by atoms with Crippen molar-refractivity contribution < 1.29 is 23.1 Å². The number of methoxy groups -OCH3 is 1. The number of nitrogens with one attached hydrogen (secondary N) is 2. The van der Waals surface area contributed by atoms with Crippen molar-refractivity contribution in [3.8, 4) is 5.75 Å². The summed E-state index contributed by atoms with van der Waals surface area (Å²) in [4.78, 5) is 25.4. The zero-order valence-electron chi connectivity index (χ0n) is 15.4. The maximum atomic E-state index is 13.7. The fraction of sp³-hybridized carbons (Fsp3) is 0.0476. The van der Waals surface area contributed by atoms with Gasteiger partial charge in [0.25, 0.3) is 11.8 Å². The lowest BCUT2D eigenvalue weighted by Crippen LogP contribution is -2.17. The molecule has 0 atom stereocenters. The predicted octanol–water partition coefficient (Wildman–Crippen LogP) is 6.00. The number of carbonyl (C=O) groups excluding carboxylic acids is 2.